The minimum atomic E-state index is -3.84. The number of sulfonamides is 1. The third-order valence-electron chi connectivity index (χ3n) is 5.74. The number of nitrogens with zero attached hydrogens (tertiary/aromatic N) is 3. The highest BCUT2D eigenvalue weighted by atomic mass is 32.2. The number of nitrogen functional groups attached to an aromatic ring is 1. The molecule has 0 amide bonds. The molecule has 0 bridgehead atoms. The van der Waals surface area contributed by atoms with Gasteiger partial charge in [0.05, 0.1) is 21.7 Å². The molecular formula is C25H22N4O4S. The maximum atomic E-state index is 13.4. The van der Waals surface area contributed by atoms with Crippen LogP contribution in [0.2, 0.25) is 0 Å². The molecule has 0 aliphatic carbocycles. The van der Waals surface area contributed by atoms with Gasteiger partial charge in [-0.15, -0.1) is 0 Å². The molecule has 8 nitrogen and oxygen atoms in total. The SMILES string of the molecule is Nc1nc(COC(=O)c2cccc(S(=O)(=O)N3CCCc4ccccc43)c2)nc2ccccc12. The van der Waals surface area contributed by atoms with Gasteiger partial charge in [-0.25, -0.2) is 23.2 Å². The van der Waals surface area contributed by atoms with Gasteiger partial charge in [0.1, 0.15) is 5.82 Å². The zero-order valence-electron chi connectivity index (χ0n) is 18.2. The number of benzene rings is 3. The molecule has 3 aromatic carbocycles. The Morgan fingerprint density at radius 3 is 2.68 bits per heavy atom. The summed E-state index contributed by atoms with van der Waals surface area (Å²) in [5, 5.41) is 0.717. The summed E-state index contributed by atoms with van der Waals surface area (Å²) in [6, 6.07) is 20.6. The number of carbonyl (C=O) groups excluding carboxylic acids is 1. The molecule has 0 spiro atoms. The third kappa shape index (κ3) is 4.06. The number of ether oxygens (including phenoxy) is 1. The Hall–Kier alpha value is -3.98. The molecule has 2 heterocycles. The minimum Gasteiger partial charge on any atom is -0.454 e. The maximum absolute atomic E-state index is 13.4. The van der Waals surface area contributed by atoms with Crippen molar-refractivity contribution in [1.29, 1.82) is 0 Å². The number of nitrogens with two attached hydrogens (primary N) is 1. The molecule has 0 radical (unpaired) electrons. The number of para-hydroxylation sites is 2. The quantitative estimate of drug-likeness (QED) is 0.438. The summed E-state index contributed by atoms with van der Waals surface area (Å²) in [6.45, 7) is 0.194. The van der Waals surface area contributed by atoms with Crippen LogP contribution in [0.15, 0.2) is 77.7 Å². The van der Waals surface area contributed by atoms with Gasteiger partial charge in [0.25, 0.3) is 10.0 Å². The van der Waals surface area contributed by atoms with Crippen LogP contribution in [-0.4, -0.2) is 30.9 Å². The Bertz CT molecular complexity index is 1500. The molecule has 4 aromatic rings. The van der Waals surface area contributed by atoms with Crippen molar-refractivity contribution in [3.8, 4) is 0 Å². The van der Waals surface area contributed by atoms with Crippen LogP contribution in [0.1, 0.15) is 28.2 Å². The summed E-state index contributed by atoms with van der Waals surface area (Å²) in [7, 11) is -3.84. The molecule has 0 unspecified atom stereocenters. The van der Waals surface area contributed by atoms with Gasteiger partial charge in [-0.05, 0) is 54.8 Å². The largest absolute Gasteiger partial charge is 0.454 e. The van der Waals surface area contributed by atoms with Crippen LogP contribution >= 0.6 is 0 Å². The molecule has 9 heteroatoms. The summed E-state index contributed by atoms with van der Waals surface area (Å²) < 4.78 is 33.6. The molecule has 2 N–H and O–H groups in total. The number of esters is 1. The van der Waals surface area contributed by atoms with Crippen LogP contribution in [0.4, 0.5) is 11.5 Å². The average molecular weight is 475 g/mol. The fourth-order valence-electron chi connectivity index (χ4n) is 4.09. The Morgan fingerprint density at radius 1 is 1.00 bits per heavy atom. The van der Waals surface area contributed by atoms with Gasteiger partial charge < -0.3 is 10.5 Å². The number of aromatic nitrogens is 2. The highest BCUT2D eigenvalue weighted by molar-refractivity contribution is 7.92. The first kappa shape index (κ1) is 21.8. The van der Waals surface area contributed by atoms with Crippen molar-refractivity contribution in [1.82, 2.24) is 9.97 Å². The van der Waals surface area contributed by atoms with E-state index in [-0.39, 0.29) is 22.9 Å². The number of hydrogen-bond donors (Lipinski definition) is 1. The van der Waals surface area contributed by atoms with E-state index >= 15 is 0 Å². The van der Waals surface area contributed by atoms with E-state index in [4.69, 9.17) is 10.5 Å². The predicted octanol–water partition coefficient (Wildman–Crippen LogP) is 3.71. The zero-order chi connectivity index (χ0) is 23.7. The summed E-state index contributed by atoms with van der Waals surface area (Å²) in [4.78, 5) is 21.3. The summed E-state index contributed by atoms with van der Waals surface area (Å²) in [6.07, 6.45) is 1.56. The Morgan fingerprint density at radius 2 is 1.79 bits per heavy atom. The number of rotatable bonds is 5. The number of fused-ring (bicyclic) bond motifs is 2. The van der Waals surface area contributed by atoms with E-state index < -0.39 is 16.0 Å². The van der Waals surface area contributed by atoms with E-state index in [0.29, 0.717) is 23.6 Å². The first-order valence-corrected chi connectivity index (χ1v) is 12.3. The number of aryl methyl sites for hydroxylation is 1. The standard InChI is InChI=1S/C25H22N4O4S/c26-24-20-11-2-3-12-21(20)27-23(28-24)16-33-25(30)18-8-5-10-19(15-18)34(31,32)29-14-6-9-17-7-1-4-13-22(17)29/h1-5,7-8,10-13,15H,6,9,14,16H2,(H2,26,27,28). The molecule has 1 aliphatic rings. The average Bonchev–Trinajstić information content (AvgIpc) is 2.87. The van der Waals surface area contributed by atoms with Gasteiger partial charge in [0.15, 0.2) is 12.4 Å². The first-order valence-electron chi connectivity index (χ1n) is 10.8. The molecule has 1 aliphatic heterocycles. The lowest BCUT2D eigenvalue weighted by molar-refractivity contribution is 0.0462. The molecule has 172 valence electrons. The van der Waals surface area contributed by atoms with Gasteiger partial charge in [-0.1, -0.05) is 36.4 Å². The van der Waals surface area contributed by atoms with Crippen LogP contribution in [0.5, 0.6) is 0 Å². The highest BCUT2D eigenvalue weighted by Crippen LogP contribution is 2.32. The summed E-state index contributed by atoms with van der Waals surface area (Å²) in [5.41, 5.74) is 8.42. The Kier molecular flexibility index (Phi) is 5.62. The molecule has 1 aromatic heterocycles. The van der Waals surface area contributed by atoms with Crippen molar-refractivity contribution in [2.24, 2.45) is 0 Å². The van der Waals surface area contributed by atoms with Crippen molar-refractivity contribution in [3.63, 3.8) is 0 Å². The van der Waals surface area contributed by atoms with Gasteiger partial charge in [0, 0.05) is 11.9 Å². The third-order valence-corrected chi connectivity index (χ3v) is 7.55. The van der Waals surface area contributed by atoms with Crippen LogP contribution in [0.25, 0.3) is 10.9 Å². The predicted molar refractivity (Wildman–Crippen MR) is 129 cm³/mol. The minimum absolute atomic E-state index is 0.0323. The van der Waals surface area contributed by atoms with Gasteiger partial charge in [-0.2, -0.15) is 0 Å². The lowest BCUT2D eigenvalue weighted by Crippen LogP contribution is -2.35. The normalized spacial score (nSPS) is 13.5. The molecule has 34 heavy (non-hydrogen) atoms. The lowest BCUT2D eigenvalue weighted by Gasteiger charge is -2.30. The maximum Gasteiger partial charge on any atom is 0.338 e. The zero-order valence-corrected chi connectivity index (χ0v) is 19.0. The van der Waals surface area contributed by atoms with Crippen molar-refractivity contribution in [2.45, 2.75) is 24.3 Å². The van der Waals surface area contributed by atoms with E-state index in [1.165, 1.54) is 28.6 Å². The lowest BCUT2D eigenvalue weighted by atomic mass is 10.0. The summed E-state index contributed by atoms with van der Waals surface area (Å²) in [5.74, 6) is -0.115. The Balaban J connectivity index is 1.37. The first-order chi connectivity index (χ1) is 16.4. The van der Waals surface area contributed by atoms with E-state index in [1.54, 1.807) is 12.1 Å². The second-order valence-corrected chi connectivity index (χ2v) is 9.82. The number of hydrogen-bond acceptors (Lipinski definition) is 7. The second kappa shape index (κ2) is 8.75. The van der Waals surface area contributed by atoms with E-state index in [0.717, 1.165) is 23.8 Å². The topological polar surface area (TPSA) is 115 Å². The molecule has 0 saturated heterocycles. The van der Waals surface area contributed by atoms with Gasteiger partial charge in [-0.3, -0.25) is 4.31 Å². The molecule has 5 rings (SSSR count). The highest BCUT2D eigenvalue weighted by Gasteiger charge is 2.29. The summed E-state index contributed by atoms with van der Waals surface area (Å²) >= 11 is 0. The van der Waals surface area contributed by atoms with Crippen LogP contribution in [0, 0.1) is 0 Å². The van der Waals surface area contributed by atoms with E-state index in [2.05, 4.69) is 9.97 Å². The molecule has 0 atom stereocenters. The van der Waals surface area contributed by atoms with Crippen molar-refractivity contribution in [3.05, 3.63) is 89.7 Å². The van der Waals surface area contributed by atoms with Crippen LogP contribution in [-0.2, 0) is 27.8 Å². The van der Waals surface area contributed by atoms with E-state index in [9.17, 15) is 13.2 Å². The van der Waals surface area contributed by atoms with Crippen molar-refractivity contribution in [2.75, 3.05) is 16.6 Å². The van der Waals surface area contributed by atoms with Crippen molar-refractivity contribution >= 4 is 38.4 Å². The van der Waals surface area contributed by atoms with Crippen molar-refractivity contribution < 1.29 is 17.9 Å². The van der Waals surface area contributed by atoms with Gasteiger partial charge in [0.2, 0.25) is 0 Å². The molecule has 0 fully saturated rings. The molecular weight excluding hydrogens is 452 g/mol. The van der Waals surface area contributed by atoms with Crippen LogP contribution < -0.4 is 10.0 Å². The van der Waals surface area contributed by atoms with E-state index in [1.807, 2.05) is 36.4 Å². The second-order valence-electron chi connectivity index (χ2n) is 7.96. The fourth-order valence-corrected chi connectivity index (χ4v) is 5.68. The fraction of sp³-hybridized carbons (Fsp3) is 0.160. The number of anilines is 2. The monoisotopic (exact) mass is 474 g/mol. The van der Waals surface area contributed by atoms with Gasteiger partial charge >= 0.3 is 5.97 Å². The van der Waals surface area contributed by atoms with Crippen LogP contribution in [0.3, 0.4) is 0 Å². The number of carbonyl (C=O) groups is 1. The smallest absolute Gasteiger partial charge is 0.338 e. The molecule has 0 saturated carbocycles. The Labute approximate surface area is 197 Å².